The Morgan fingerprint density at radius 2 is 2.00 bits per heavy atom. The van der Waals surface area contributed by atoms with Gasteiger partial charge in [0.25, 0.3) is 0 Å². The molecule has 0 aliphatic heterocycles. The van der Waals surface area contributed by atoms with E-state index in [4.69, 9.17) is 5.11 Å². The largest absolute Gasteiger partial charge is 0.396 e. The highest BCUT2D eigenvalue weighted by Gasteiger charge is 2.24. The molecule has 0 amide bonds. The topological polar surface area (TPSA) is 20.2 Å². The third-order valence-electron chi connectivity index (χ3n) is 3.40. The van der Waals surface area contributed by atoms with Gasteiger partial charge in [0.05, 0.1) is 0 Å². The van der Waals surface area contributed by atoms with Crippen LogP contribution in [0.25, 0.3) is 0 Å². The number of hydrogen-bond donors (Lipinski definition) is 1. The van der Waals surface area contributed by atoms with Crippen LogP contribution in [0.2, 0.25) is 0 Å². The molecule has 1 saturated carbocycles. The van der Waals surface area contributed by atoms with Crippen molar-refractivity contribution in [2.45, 2.75) is 35.8 Å². The second kappa shape index (κ2) is 6.27. The van der Waals surface area contributed by atoms with E-state index in [0.29, 0.717) is 17.8 Å². The predicted molar refractivity (Wildman–Crippen MR) is 74.3 cm³/mol. The van der Waals surface area contributed by atoms with Crippen LogP contribution in [-0.4, -0.2) is 17.0 Å². The summed E-state index contributed by atoms with van der Waals surface area (Å²) in [6.07, 6.45) is 4.44. The van der Waals surface area contributed by atoms with Crippen LogP contribution in [0.15, 0.2) is 47.4 Å². The molecular formula is C15H20OS. The molecule has 1 aromatic rings. The van der Waals surface area contributed by atoms with Crippen molar-refractivity contribution in [2.75, 3.05) is 6.61 Å². The molecule has 1 N–H and O–H groups in total. The maximum Gasteiger partial charge on any atom is 0.0433 e. The first-order chi connectivity index (χ1) is 8.29. The van der Waals surface area contributed by atoms with E-state index >= 15 is 0 Å². The lowest BCUT2D eigenvalue weighted by Gasteiger charge is -2.30. The van der Waals surface area contributed by atoms with Crippen molar-refractivity contribution in [3.05, 3.63) is 42.5 Å². The molecule has 1 aliphatic rings. The Morgan fingerprint density at radius 3 is 2.65 bits per heavy atom. The minimum absolute atomic E-state index is 0.314. The zero-order valence-electron chi connectivity index (χ0n) is 10.1. The van der Waals surface area contributed by atoms with Gasteiger partial charge < -0.3 is 5.11 Å². The quantitative estimate of drug-likeness (QED) is 0.816. The molecule has 0 radical (unpaired) electrons. The monoisotopic (exact) mass is 248 g/mol. The minimum atomic E-state index is 0.314. The normalized spacial score (nSPS) is 24.9. The zero-order valence-corrected chi connectivity index (χ0v) is 11.0. The molecule has 17 heavy (non-hydrogen) atoms. The fraction of sp³-hybridized carbons (Fsp3) is 0.467. The highest BCUT2D eigenvalue weighted by atomic mass is 32.2. The molecule has 0 saturated heterocycles. The molecule has 0 heterocycles. The van der Waals surface area contributed by atoms with Gasteiger partial charge in [-0.2, -0.15) is 0 Å². The summed E-state index contributed by atoms with van der Waals surface area (Å²) in [5, 5.41) is 9.53. The van der Waals surface area contributed by atoms with Gasteiger partial charge in [0, 0.05) is 16.8 Å². The van der Waals surface area contributed by atoms with Crippen LogP contribution in [0.3, 0.4) is 0 Å². The summed E-state index contributed by atoms with van der Waals surface area (Å²) in [6.45, 7) is 4.54. The standard InChI is InChI=1S/C15H20OS/c1-12-11-13(9-10-16)7-8-15(12)17-14-5-3-2-4-6-14/h2-6,13,15-16H,1,7-11H2. The highest BCUT2D eigenvalue weighted by Crippen LogP contribution is 2.39. The summed E-state index contributed by atoms with van der Waals surface area (Å²) in [5.41, 5.74) is 1.35. The van der Waals surface area contributed by atoms with Gasteiger partial charge in [0.2, 0.25) is 0 Å². The number of rotatable bonds is 4. The Hall–Kier alpha value is -0.730. The van der Waals surface area contributed by atoms with E-state index in [2.05, 4.69) is 36.9 Å². The number of aliphatic hydroxyl groups excluding tert-OH is 1. The smallest absolute Gasteiger partial charge is 0.0433 e. The number of hydrogen-bond acceptors (Lipinski definition) is 2. The average Bonchev–Trinajstić information content (AvgIpc) is 2.34. The van der Waals surface area contributed by atoms with Crippen LogP contribution >= 0.6 is 11.8 Å². The fourth-order valence-electron chi connectivity index (χ4n) is 2.43. The van der Waals surface area contributed by atoms with Gasteiger partial charge in [-0.25, -0.2) is 0 Å². The van der Waals surface area contributed by atoms with Crippen molar-refractivity contribution in [1.29, 1.82) is 0 Å². The van der Waals surface area contributed by atoms with Gasteiger partial charge in [-0.1, -0.05) is 30.4 Å². The van der Waals surface area contributed by atoms with E-state index < -0.39 is 0 Å². The molecule has 2 atom stereocenters. The molecule has 2 rings (SSSR count). The van der Waals surface area contributed by atoms with Gasteiger partial charge in [0.15, 0.2) is 0 Å². The lowest BCUT2D eigenvalue weighted by Crippen LogP contribution is -2.19. The third kappa shape index (κ3) is 3.62. The third-order valence-corrected chi connectivity index (χ3v) is 4.80. The lowest BCUT2D eigenvalue weighted by atomic mass is 9.84. The first-order valence-corrected chi connectivity index (χ1v) is 7.18. The Bertz CT molecular complexity index is 360. The second-order valence-electron chi connectivity index (χ2n) is 4.74. The summed E-state index contributed by atoms with van der Waals surface area (Å²) in [7, 11) is 0. The first kappa shape index (κ1) is 12.7. The predicted octanol–water partition coefficient (Wildman–Crippen LogP) is 3.89. The van der Waals surface area contributed by atoms with E-state index in [0.717, 1.165) is 12.8 Å². The molecule has 92 valence electrons. The maximum absolute atomic E-state index is 8.97. The Morgan fingerprint density at radius 1 is 1.24 bits per heavy atom. The molecule has 2 unspecified atom stereocenters. The number of benzene rings is 1. The van der Waals surface area contributed by atoms with Crippen LogP contribution in [0.1, 0.15) is 25.7 Å². The van der Waals surface area contributed by atoms with Crippen molar-refractivity contribution in [3.63, 3.8) is 0 Å². The number of thioether (sulfide) groups is 1. The van der Waals surface area contributed by atoms with Gasteiger partial charge in [-0.05, 0) is 43.7 Å². The van der Waals surface area contributed by atoms with Gasteiger partial charge in [-0.3, -0.25) is 0 Å². The maximum atomic E-state index is 8.97. The van der Waals surface area contributed by atoms with E-state index in [1.807, 2.05) is 11.8 Å². The molecule has 1 aromatic carbocycles. The van der Waals surface area contributed by atoms with Crippen LogP contribution in [0.4, 0.5) is 0 Å². The first-order valence-electron chi connectivity index (χ1n) is 6.30. The van der Waals surface area contributed by atoms with Crippen LogP contribution in [0, 0.1) is 5.92 Å². The SMILES string of the molecule is C=C1CC(CCO)CCC1Sc1ccccc1. The number of aliphatic hydroxyl groups is 1. The van der Waals surface area contributed by atoms with Crippen molar-refractivity contribution in [3.8, 4) is 0 Å². The van der Waals surface area contributed by atoms with Gasteiger partial charge >= 0.3 is 0 Å². The fourth-order valence-corrected chi connectivity index (χ4v) is 3.59. The summed E-state index contributed by atoms with van der Waals surface area (Å²) >= 11 is 1.93. The van der Waals surface area contributed by atoms with E-state index in [9.17, 15) is 0 Å². The summed E-state index contributed by atoms with van der Waals surface area (Å²) < 4.78 is 0. The average molecular weight is 248 g/mol. The van der Waals surface area contributed by atoms with Gasteiger partial charge in [0.1, 0.15) is 0 Å². The Kier molecular flexibility index (Phi) is 4.69. The molecule has 2 heteroatoms. The summed E-state index contributed by atoms with van der Waals surface area (Å²) in [5.74, 6) is 0.653. The summed E-state index contributed by atoms with van der Waals surface area (Å²) in [6, 6.07) is 10.6. The van der Waals surface area contributed by atoms with Crippen molar-refractivity contribution in [2.24, 2.45) is 5.92 Å². The minimum Gasteiger partial charge on any atom is -0.396 e. The Labute approximate surface area is 108 Å². The van der Waals surface area contributed by atoms with Crippen LogP contribution in [-0.2, 0) is 0 Å². The van der Waals surface area contributed by atoms with E-state index in [-0.39, 0.29) is 0 Å². The molecule has 0 aromatic heterocycles. The zero-order chi connectivity index (χ0) is 12.1. The van der Waals surface area contributed by atoms with E-state index in [1.54, 1.807) is 0 Å². The van der Waals surface area contributed by atoms with Crippen molar-refractivity contribution < 1.29 is 5.11 Å². The molecule has 1 nitrogen and oxygen atoms in total. The van der Waals surface area contributed by atoms with Crippen LogP contribution in [0.5, 0.6) is 0 Å². The molecule has 1 aliphatic carbocycles. The van der Waals surface area contributed by atoms with Crippen molar-refractivity contribution in [1.82, 2.24) is 0 Å². The van der Waals surface area contributed by atoms with Crippen molar-refractivity contribution >= 4 is 11.8 Å². The molecule has 1 fully saturated rings. The summed E-state index contributed by atoms with van der Waals surface area (Å²) in [4.78, 5) is 1.33. The highest BCUT2D eigenvalue weighted by molar-refractivity contribution is 8.00. The van der Waals surface area contributed by atoms with Gasteiger partial charge in [-0.15, -0.1) is 11.8 Å². The van der Waals surface area contributed by atoms with E-state index in [1.165, 1.54) is 23.3 Å². The molecule has 0 spiro atoms. The second-order valence-corrected chi connectivity index (χ2v) is 6.01. The molecule has 0 bridgehead atoms. The Balaban J connectivity index is 1.90. The lowest BCUT2D eigenvalue weighted by molar-refractivity contribution is 0.244. The molecular weight excluding hydrogens is 228 g/mol. The van der Waals surface area contributed by atoms with Crippen LogP contribution < -0.4 is 0 Å².